The van der Waals surface area contributed by atoms with Gasteiger partial charge in [-0.1, -0.05) is 18.2 Å². The van der Waals surface area contributed by atoms with Crippen LogP contribution in [0.1, 0.15) is 18.9 Å². The van der Waals surface area contributed by atoms with E-state index in [-0.39, 0.29) is 6.42 Å². The van der Waals surface area contributed by atoms with Crippen LogP contribution in [-0.2, 0) is 30.4 Å². The SMILES string of the molecule is CC(NC(=O)C(Cc1c[nH]c2ccccc12)NC(=O)C(N)CO)C(=O)NC(CC(=O)O)C(=O)O. The number of nitrogens with one attached hydrogen (secondary N) is 4. The second kappa shape index (κ2) is 11.8. The van der Waals surface area contributed by atoms with Crippen molar-refractivity contribution in [3.05, 3.63) is 36.0 Å². The van der Waals surface area contributed by atoms with E-state index in [1.54, 1.807) is 12.3 Å². The second-order valence-corrected chi connectivity index (χ2v) is 7.64. The zero-order valence-corrected chi connectivity index (χ0v) is 18.3. The van der Waals surface area contributed by atoms with Crippen LogP contribution in [-0.4, -0.2) is 80.7 Å². The van der Waals surface area contributed by atoms with Gasteiger partial charge in [0.05, 0.1) is 13.0 Å². The quantitative estimate of drug-likeness (QED) is 0.170. The number of carbonyl (C=O) groups excluding carboxylic acids is 3. The smallest absolute Gasteiger partial charge is 0.326 e. The van der Waals surface area contributed by atoms with Crippen LogP contribution in [0.3, 0.4) is 0 Å². The van der Waals surface area contributed by atoms with E-state index in [9.17, 15) is 24.0 Å². The average Bonchev–Trinajstić information content (AvgIpc) is 3.19. The molecule has 1 heterocycles. The number of para-hydroxylation sites is 1. The molecular formula is C21H27N5O8. The molecule has 0 bridgehead atoms. The highest BCUT2D eigenvalue weighted by atomic mass is 16.4. The van der Waals surface area contributed by atoms with Gasteiger partial charge in [0.15, 0.2) is 0 Å². The first kappa shape index (κ1) is 26.3. The molecule has 0 saturated heterocycles. The Bertz CT molecular complexity index is 1070. The Hall–Kier alpha value is -3.97. The number of carbonyl (C=O) groups is 5. The Morgan fingerprint density at radius 2 is 1.62 bits per heavy atom. The molecule has 2 aromatic rings. The molecule has 1 aromatic carbocycles. The number of aliphatic carboxylic acids is 2. The number of carboxylic acids is 2. The van der Waals surface area contributed by atoms with Crippen LogP contribution in [0.5, 0.6) is 0 Å². The van der Waals surface area contributed by atoms with Crippen molar-refractivity contribution in [2.75, 3.05) is 6.61 Å². The molecule has 4 atom stereocenters. The van der Waals surface area contributed by atoms with Crippen molar-refractivity contribution in [2.45, 2.75) is 43.9 Å². The lowest BCUT2D eigenvalue weighted by Gasteiger charge is -2.23. The van der Waals surface area contributed by atoms with Crippen molar-refractivity contribution in [3.63, 3.8) is 0 Å². The van der Waals surface area contributed by atoms with E-state index in [1.807, 2.05) is 18.2 Å². The normalized spacial score (nSPS) is 14.4. The number of fused-ring (bicyclic) bond motifs is 1. The minimum absolute atomic E-state index is 0.0187. The molecule has 34 heavy (non-hydrogen) atoms. The number of aromatic amines is 1. The Balaban J connectivity index is 2.16. The van der Waals surface area contributed by atoms with Crippen molar-refractivity contribution in [2.24, 2.45) is 5.73 Å². The number of rotatable bonds is 12. The van der Waals surface area contributed by atoms with Gasteiger partial charge < -0.3 is 42.0 Å². The third-order valence-electron chi connectivity index (χ3n) is 5.01. The van der Waals surface area contributed by atoms with Gasteiger partial charge in [-0.2, -0.15) is 0 Å². The highest BCUT2D eigenvalue weighted by Gasteiger charge is 2.29. The van der Waals surface area contributed by atoms with Crippen LogP contribution in [0.4, 0.5) is 0 Å². The summed E-state index contributed by atoms with van der Waals surface area (Å²) in [5.74, 6) is -5.45. The van der Waals surface area contributed by atoms with Crippen molar-refractivity contribution < 1.29 is 39.3 Å². The third-order valence-corrected chi connectivity index (χ3v) is 5.01. The van der Waals surface area contributed by atoms with E-state index < -0.39 is 66.9 Å². The summed E-state index contributed by atoms with van der Waals surface area (Å²) >= 11 is 0. The molecule has 13 nitrogen and oxygen atoms in total. The number of aromatic nitrogens is 1. The molecule has 0 saturated carbocycles. The van der Waals surface area contributed by atoms with Gasteiger partial charge >= 0.3 is 11.9 Å². The van der Waals surface area contributed by atoms with E-state index in [4.69, 9.17) is 21.1 Å². The maximum atomic E-state index is 12.9. The lowest BCUT2D eigenvalue weighted by molar-refractivity contribution is -0.147. The van der Waals surface area contributed by atoms with Crippen LogP contribution in [0.2, 0.25) is 0 Å². The first-order chi connectivity index (χ1) is 16.0. The van der Waals surface area contributed by atoms with Gasteiger partial charge in [0.25, 0.3) is 0 Å². The van der Waals surface area contributed by atoms with Gasteiger partial charge in [-0.05, 0) is 18.6 Å². The first-order valence-electron chi connectivity index (χ1n) is 10.3. The van der Waals surface area contributed by atoms with Gasteiger partial charge in [-0.15, -0.1) is 0 Å². The van der Waals surface area contributed by atoms with Crippen LogP contribution < -0.4 is 21.7 Å². The summed E-state index contributed by atoms with van der Waals surface area (Å²) in [4.78, 5) is 62.5. The number of carboxylic acid groups (broad SMARTS) is 2. The molecule has 13 heteroatoms. The minimum Gasteiger partial charge on any atom is -0.481 e. The van der Waals surface area contributed by atoms with E-state index in [0.717, 1.165) is 10.9 Å². The van der Waals surface area contributed by atoms with Gasteiger partial charge in [-0.25, -0.2) is 4.79 Å². The van der Waals surface area contributed by atoms with E-state index in [2.05, 4.69) is 20.9 Å². The molecule has 2 rings (SSSR count). The number of aliphatic hydroxyl groups is 1. The summed E-state index contributed by atoms with van der Waals surface area (Å²) in [6.07, 6.45) is 0.841. The molecule has 1 aromatic heterocycles. The van der Waals surface area contributed by atoms with Crippen LogP contribution in [0.25, 0.3) is 10.9 Å². The number of aliphatic hydroxyl groups excluding tert-OH is 1. The number of nitrogens with two attached hydrogens (primary N) is 1. The Morgan fingerprint density at radius 1 is 0.971 bits per heavy atom. The van der Waals surface area contributed by atoms with Crippen LogP contribution in [0.15, 0.2) is 30.5 Å². The fraction of sp³-hybridized carbons (Fsp3) is 0.381. The molecule has 0 aliphatic heterocycles. The number of H-pyrrole nitrogens is 1. The monoisotopic (exact) mass is 477 g/mol. The second-order valence-electron chi connectivity index (χ2n) is 7.64. The predicted octanol–water partition coefficient (Wildman–Crippen LogP) is -1.94. The first-order valence-corrected chi connectivity index (χ1v) is 10.3. The molecule has 0 aliphatic carbocycles. The van der Waals surface area contributed by atoms with Crippen LogP contribution >= 0.6 is 0 Å². The average molecular weight is 477 g/mol. The highest BCUT2D eigenvalue weighted by molar-refractivity contribution is 5.95. The molecule has 0 radical (unpaired) electrons. The molecular weight excluding hydrogens is 450 g/mol. The van der Waals surface area contributed by atoms with E-state index in [0.29, 0.717) is 5.56 Å². The van der Waals surface area contributed by atoms with Gasteiger partial charge in [0, 0.05) is 23.5 Å². The summed E-state index contributed by atoms with van der Waals surface area (Å²) in [6, 6.07) is 1.88. The standard InChI is InChI=1S/C21H27N5O8/c1-10(18(30)26-16(21(33)34)7-17(28)29)24-20(32)15(25-19(31)13(22)9-27)6-11-8-23-14-5-3-2-4-12(11)14/h2-5,8,10,13,15-16,23,27H,6-7,9,22H2,1H3,(H,24,32)(H,25,31)(H,26,30)(H,28,29)(H,33,34). The molecule has 184 valence electrons. The topological polar surface area (TPSA) is 224 Å². The summed E-state index contributed by atoms with van der Waals surface area (Å²) in [5.41, 5.74) is 7.03. The lowest BCUT2D eigenvalue weighted by atomic mass is 10.0. The molecule has 9 N–H and O–H groups in total. The number of hydrogen-bond donors (Lipinski definition) is 8. The summed E-state index contributed by atoms with van der Waals surface area (Å²) in [7, 11) is 0. The fourth-order valence-electron chi connectivity index (χ4n) is 3.14. The largest absolute Gasteiger partial charge is 0.481 e. The molecule has 3 amide bonds. The molecule has 0 spiro atoms. The maximum Gasteiger partial charge on any atom is 0.326 e. The Morgan fingerprint density at radius 3 is 2.24 bits per heavy atom. The van der Waals surface area contributed by atoms with Crippen molar-refractivity contribution in [1.82, 2.24) is 20.9 Å². The molecule has 4 unspecified atom stereocenters. The summed E-state index contributed by atoms with van der Waals surface area (Å²) in [6.45, 7) is 0.628. The minimum atomic E-state index is -1.69. The lowest BCUT2D eigenvalue weighted by Crippen LogP contribution is -2.57. The van der Waals surface area contributed by atoms with Crippen molar-refractivity contribution in [1.29, 1.82) is 0 Å². The third kappa shape index (κ3) is 7.02. The van der Waals surface area contributed by atoms with Crippen molar-refractivity contribution in [3.8, 4) is 0 Å². The summed E-state index contributed by atoms with van der Waals surface area (Å²) in [5, 5.41) is 34.7. The molecule has 0 fully saturated rings. The molecule has 0 aliphatic rings. The van der Waals surface area contributed by atoms with Gasteiger partial charge in [-0.3, -0.25) is 19.2 Å². The zero-order chi connectivity index (χ0) is 25.4. The number of benzene rings is 1. The Labute approximate surface area is 193 Å². The maximum absolute atomic E-state index is 12.9. The van der Waals surface area contributed by atoms with Gasteiger partial charge in [0.2, 0.25) is 17.7 Å². The Kier molecular flexibility index (Phi) is 9.10. The highest BCUT2D eigenvalue weighted by Crippen LogP contribution is 2.19. The zero-order valence-electron chi connectivity index (χ0n) is 18.3. The predicted molar refractivity (Wildman–Crippen MR) is 118 cm³/mol. The summed E-state index contributed by atoms with van der Waals surface area (Å²) < 4.78 is 0. The van der Waals surface area contributed by atoms with Crippen LogP contribution in [0, 0.1) is 0 Å². The van der Waals surface area contributed by atoms with Crippen molar-refractivity contribution >= 4 is 40.6 Å². The fourth-order valence-corrected chi connectivity index (χ4v) is 3.14. The van der Waals surface area contributed by atoms with Gasteiger partial charge in [0.1, 0.15) is 24.2 Å². The number of hydrogen-bond acceptors (Lipinski definition) is 7. The number of amides is 3. The van der Waals surface area contributed by atoms with E-state index in [1.165, 1.54) is 6.92 Å². The van der Waals surface area contributed by atoms with E-state index >= 15 is 0 Å².